The van der Waals surface area contributed by atoms with Gasteiger partial charge >= 0.3 is 0 Å². The van der Waals surface area contributed by atoms with E-state index in [0.29, 0.717) is 17.0 Å². The minimum absolute atomic E-state index is 0.143. The Morgan fingerprint density at radius 1 is 0.966 bits per heavy atom. The summed E-state index contributed by atoms with van der Waals surface area (Å²) in [5.41, 5.74) is 1.21. The molecule has 0 aliphatic carbocycles. The van der Waals surface area contributed by atoms with Crippen LogP contribution in [0.25, 0.3) is 23.1 Å². The summed E-state index contributed by atoms with van der Waals surface area (Å²) < 4.78 is 33.8. The van der Waals surface area contributed by atoms with Crippen molar-refractivity contribution in [3.8, 4) is 23.1 Å². The molecule has 0 unspecified atom stereocenters. The molecule has 9 nitrogen and oxygen atoms in total. The third kappa shape index (κ3) is 4.08. The van der Waals surface area contributed by atoms with Crippen molar-refractivity contribution in [2.24, 2.45) is 5.14 Å². The van der Waals surface area contributed by atoms with Gasteiger partial charge in [0.15, 0.2) is 5.76 Å². The molecule has 146 valence electrons. The molecule has 0 fully saturated rings. The largest absolute Gasteiger partial charge is 0.459 e. The number of amides is 1. The number of nitrogens with two attached hydrogens (primary N) is 1. The molecule has 0 radical (unpaired) electrons. The van der Waals surface area contributed by atoms with E-state index in [-0.39, 0.29) is 22.2 Å². The van der Waals surface area contributed by atoms with Crippen LogP contribution < -0.4 is 10.5 Å². The smallest absolute Gasteiger partial charge is 0.283 e. The summed E-state index contributed by atoms with van der Waals surface area (Å²) >= 11 is 0. The van der Waals surface area contributed by atoms with Crippen molar-refractivity contribution in [2.75, 3.05) is 5.32 Å². The summed E-state index contributed by atoms with van der Waals surface area (Å²) in [5.74, 6) is 0.445. The van der Waals surface area contributed by atoms with Crippen LogP contribution in [0.4, 0.5) is 5.69 Å². The van der Waals surface area contributed by atoms with Crippen molar-refractivity contribution in [1.82, 2.24) is 10.2 Å². The van der Waals surface area contributed by atoms with Crippen LogP contribution in [0, 0.1) is 0 Å². The molecule has 0 aliphatic rings. The molecule has 4 rings (SSSR count). The highest BCUT2D eigenvalue weighted by Crippen LogP contribution is 2.26. The van der Waals surface area contributed by atoms with Gasteiger partial charge in [0.05, 0.1) is 11.2 Å². The number of primary sulfonamides is 1. The molecule has 0 bridgehead atoms. The molecular formula is C19H14N4O5S. The Morgan fingerprint density at radius 3 is 2.52 bits per heavy atom. The number of carbonyl (C=O) groups is 1. The Labute approximate surface area is 165 Å². The van der Waals surface area contributed by atoms with E-state index in [1.54, 1.807) is 36.4 Å². The fourth-order valence-corrected chi connectivity index (χ4v) is 3.15. The maximum atomic E-state index is 12.5. The molecule has 0 spiro atoms. The highest BCUT2D eigenvalue weighted by Gasteiger charge is 2.15. The van der Waals surface area contributed by atoms with Crippen molar-refractivity contribution in [3.05, 3.63) is 72.5 Å². The first kappa shape index (κ1) is 18.6. The number of carbonyl (C=O) groups excluding carboxylic acids is 1. The van der Waals surface area contributed by atoms with Gasteiger partial charge in [0.1, 0.15) is 0 Å². The molecule has 0 saturated heterocycles. The van der Waals surface area contributed by atoms with Crippen LogP contribution in [0.15, 0.2) is 80.7 Å². The lowest BCUT2D eigenvalue weighted by atomic mass is 10.1. The number of nitrogens with one attached hydrogen (secondary N) is 1. The van der Waals surface area contributed by atoms with Gasteiger partial charge in [0.25, 0.3) is 11.8 Å². The standard InChI is InChI=1S/C19H14N4O5S/c20-29(25,26)15-7-2-4-12(11-15)17(24)21-14-6-1-5-13(10-14)18-22-23-19(28-18)16-8-3-9-27-16/h1-11H,(H,21,24)(H2,20,25,26). The predicted octanol–water partition coefficient (Wildman–Crippen LogP) is 2.90. The maximum Gasteiger partial charge on any atom is 0.283 e. The lowest BCUT2D eigenvalue weighted by molar-refractivity contribution is 0.102. The zero-order chi connectivity index (χ0) is 20.4. The number of hydrogen-bond acceptors (Lipinski definition) is 7. The number of hydrogen-bond donors (Lipinski definition) is 2. The van der Waals surface area contributed by atoms with Crippen molar-refractivity contribution in [1.29, 1.82) is 0 Å². The summed E-state index contributed by atoms with van der Waals surface area (Å²) in [6.45, 7) is 0. The summed E-state index contributed by atoms with van der Waals surface area (Å²) in [5, 5.41) is 15.7. The first-order chi connectivity index (χ1) is 13.9. The summed E-state index contributed by atoms with van der Waals surface area (Å²) in [6.07, 6.45) is 1.50. The van der Waals surface area contributed by atoms with E-state index in [9.17, 15) is 13.2 Å². The second-order valence-corrected chi connectivity index (χ2v) is 7.56. The van der Waals surface area contributed by atoms with Gasteiger partial charge in [-0.1, -0.05) is 12.1 Å². The van der Waals surface area contributed by atoms with E-state index in [1.165, 1.54) is 30.5 Å². The molecule has 29 heavy (non-hydrogen) atoms. The molecule has 2 aromatic heterocycles. The fraction of sp³-hybridized carbons (Fsp3) is 0. The Hall–Kier alpha value is -3.76. The lowest BCUT2D eigenvalue weighted by Gasteiger charge is -2.07. The number of nitrogens with zero attached hydrogens (tertiary/aromatic N) is 2. The normalized spacial score (nSPS) is 11.3. The average molecular weight is 410 g/mol. The molecule has 2 heterocycles. The quantitative estimate of drug-likeness (QED) is 0.515. The first-order valence-electron chi connectivity index (χ1n) is 8.32. The van der Waals surface area contributed by atoms with Crippen LogP contribution in [-0.2, 0) is 10.0 Å². The Kier molecular flexibility index (Phi) is 4.71. The van der Waals surface area contributed by atoms with Gasteiger partial charge in [-0.05, 0) is 48.5 Å². The van der Waals surface area contributed by atoms with Crippen LogP contribution in [0.5, 0.6) is 0 Å². The zero-order valence-electron chi connectivity index (χ0n) is 14.8. The average Bonchev–Trinajstić information content (AvgIpc) is 3.39. The number of benzene rings is 2. The second-order valence-electron chi connectivity index (χ2n) is 6.00. The molecule has 2 aromatic carbocycles. The highest BCUT2D eigenvalue weighted by molar-refractivity contribution is 7.89. The Balaban J connectivity index is 1.56. The van der Waals surface area contributed by atoms with Gasteiger partial charge in [0, 0.05) is 16.8 Å². The zero-order valence-corrected chi connectivity index (χ0v) is 15.6. The van der Waals surface area contributed by atoms with E-state index >= 15 is 0 Å². The van der Waals surface area contributed by atoms with Gasteiger partial charge in [-0.25, -0.2) is 13.6 Å². The van der Waals surface area contributed by atoms with E-state index in [0.717, 1.165) is 0 Å². The monoisotopic (exact) mass is 410 g/mol. The summed E-state index contributed by atoms with van der Waals surface area (Å²) in [7, 11) is -3.91. The molecule has 1 amide bonds. The van der Waals surface area contributed by atoms with E-state index in [1.807, 2.05) is 0 Å². The molecule has 0 aliphatic heterocycles. The van der Waals surface area contributed by atoms with Crippen molar-refractivity contribution in [3.63, 3.8) is 0 Å². The van der Waals surface area contributed by atoms with Gasteiger partial charge in [-0.3, -0.25) is 4.79 Å². The molecule has 4 aromatic rings. The van der Waals surface area contributed by atoms with Crippen molar-refractivity contribution >= 4 is 21.6 Å². The Morgan fingerprint density at radius 2 is 1.76 bits per heavy atom. The first-order valence-corrected chi connectivity index (χ1v) is 9.87. The predicted molar refractivity (Wildman–Crippen MR) is 103 cm³/mol. The number of anilines is 1. The topological polar surface area (TPSA) is 141 Å². The van der Waals surface area contributed by atoms with Gasteiger partial charge < -0.3 is 14.2 Å². The second kappa shape index (κ2) is 7.34. The lowest BCUT2D eigenvalue weighted by Crippen LogP contribution is -2.15. The van der Waals surface area contributed by atoms with Crippen LogP contribution in [0.1, 0.15) is 10.4 Å². The minimum atomic E-state index is -3.91. The van der Waals surface area contributed by atoms with E-state index in [4.69, 9.17) is 14.0 Å². The van der Waals surface area contributed by atoms with Crippen LogP contribution >= 0.6 is 0 Å². The number of aromatic nitrogens is 2. The molecule has 0 atom stereocenters. The summed E-state index contributed by atoms with van der Waals surface area (Å²) in [6, 6.07) is 15.7. The fourth-order valence-electron chi connectivity index (χ4n) is 2.59. The highest BCUT2D eigenvalue weighted by atomic mass is 32.2. The van der Waals surface area contributed by atoms with Crippen molar-refractivity contribution in [2.45, 2.75) is 4.90 Å². The number of furan rings is 1. The number of rotatable bonds is 5. The maximum absolute atomic E-state index is 12.5. The van der Waals surface area contributed by atoms with Gasteiger partial charge in [0.2, 0.25) is 15.9 Å². The van der Waals surface area contributed by atoms with Crippen LogP contribution in [-0.4, -0.2) is 24.5 Å². The molecule has 10 heteroatoms. The third-order valence-electron chi connectivity index (χ3n) is 3.95. The minimum Gasteiger partial charge on any atom is -0.459 e. The number of sulfonamides is 1. The van der Waals surface area contributed by atoms with Crippen LogP contribution in [0.2, 0.25) is 0 Å². The van der Waals surface area contributed by atoms with Crippen LogP contribution in [0.3, 0.4) is 0 Å². The van der Waals surface area contributed by atoms with E-state index < -0.39 is 15.9 Å². The van der Waals surface area contributed by atoms with Crippen molar-refractivity contribution < 1.29 is 22.0 Å². The SMILES string of the molecule is NS(=O)(=O)c1cccc(C(=O)Nc2cccc(-c3nnc(-c4ccco4)o3)c2)c1. The van der Waals surface area contributed by atoms with E-state index in [2.05, 4.69) is 15.5 Å². The van der Waals surface area contributed by atoms with Gasteiger partial charge in [-0.15, -0.1) is 10.2 Å². The molecular weight excluding hydrogens is 396 g/mol. The van der Waals surface area contributed by atoms with Gasteiger partial charge in [-0.2, -0.15) is 0 Å². The molecule has 0 saturated carbocycles. The third-order valence-corrected chi connectivity index (χ3v) is 4.86. The summed E-state index contributed by atoms with van der Waals surface area (Å²) in [4.78, 5) is 12.3. The Bertz CT molecular complexity index is 1280. The molecule has 3 N–H and O–H groups in total.